The number of nitrogens with one attached hydrogen (secondary N) is 2. The molecular formula is C36H46N2O5Si. The highest BCUT2D eigenvalue weighted by Crippen LogP contribution is 2.41. The number of pyridine rings is 1. The molecule has 3 aromatic carbocycles. The Morgan fingerprint density at radius 1 is 0.909 bits per heavy atom. The molecule has 0 saturated carbocycles. The average Bonchev–Trinajstić information content (AvgIpc) is 2.97. The lowest BCUT2D eigenvalue weighted by atomic mass is 9.93. The van der Waals surface area contributed by atoms with Crippen LogP contribution in [0.25, 0.3) is 10.9 Å². The first-order valence-corrected chi connectivity index (χ1v) is 18.0. The van der Waals surface area contributed by atoms with E-state index in [-0.39, 0.29) is 28.2 Å². The number of hydrogen-bond donors (Lipinski definition) is 2. The number of ether oxygens (including phenoxy) is 2. The van der Waals surface area contributed by atoms with Crippen molar-refractivity contribution in [3.63, 3.8) is 0 Å². The Balaban J connectivity index is 1.66. The second-order valence-corrected chi connectivity index (χ2v) is 18.3. The molecule has 0 aliphatic heterocycles. The molecule has 2 N–H and O–H groups in total. The largest absolute Gasteiger partial charge is 0.487 e. The van der Waals surface area contributed by atoms with E-state index in [4.69, 9.17) is 13.9 Å². The summed E-state index contributed by atoms with van der Waals surface area (Å²) in [4.78, 5) is 27.6. The number of fused-ring (bicyclic) bond motifs is 1. The monoisotopic (exact) mass is 614 g/mol. The predicted octanol–water partition coefficient (Wildman–Crippen LogP) is 7.57. The molecule has 1 aromatic heterocycles. The molecule has 1 unspecified atom stereocenters. The SMILES string of the molecule is COC(=O)c1cccc(CC(C)(C)NCC(O[Si](C)(C)C(C)(C)C)c2ccc(OCc3ccccc3)c3[nH]c(=O)ccc23)c1. The second-order valence-electron chi connectivity index (χ2n) is 13.5. The molecule has 0 aliphatic rings. The quantitative estimate of drug-likeness (QED) is 0.126. The van der Waals surface area contributed by atoms with Crippen molar-refractivity contribution in [1.82, 2.24) is 10.3 Å². The van der Waals surface area contributed by atoms with Gasteiger partial charge in [-0.05, 0) is 79.4 Å². The molecule has 7 nitrogen and oxygen atoms in total. The highest BCUT2D eigenvalue weighted by molar-refractivity contribution is 6.74. The van der Waals surface area contributed by atoms with Crippen LogP contribution in [-0.2, 0) is 22.2 Å². The van der Waals surface area contributed by atoms with Crippen molar-refractivity contribution < 1.29 is 18.7 Å². The molecule has 234 valence electrons. The lowest BCUT2D eigenvalue weighted by molar-refractivity contribution is 0.0600. The fourth-order valence-electron chi connectivity index (χ4n) is 5.00. The number of methoxy groups -OCH3 is 1. The van der Waals surface area contributed by atoms with Crippen molar-refractivity contribution in [2.75, 3.05) is 13.7 Å². The number of hydrogen-bond acceptors (Lipinski definition) is 6. The fourth-order valence-corrected chi connectivity index (χ4v) is 6.27. The Morgan fingerprint density at radius 3 is 2.30 bits per heavy atom. The van der Waals surface area contributed by atoms with Gasteiger partial charge in [-0.25, -0.2) is 4.79 Å². The van der Waals surface area contributed by atoms with Gasteiger partial charge < -0.3 is 24.2 Å². The minimum atomic E-state index is -2.21. The maximum Gasteiger partial charge on any atom is 0.337 e. The van der Waals surface area contributed by atoms with Gasteiger partial charge in [-0.2, -0.15) is 0 Å². The van der Waals surface area contributed by atoms with E-state index < -0.39 is 8.32 Å². The Labute approximate surface area is 262 Å². The standard InChI is InChI=1S/C36H46N2O5Si/c1-35(2,3)44(7,8)43-31(23-37-36(4,5)22-26-15-12-16-27(21-26)34(40)41-6)28-17-19-30(33-29(28)18-20-32(39)38-33)42-24-25-13-10-9-11-14-25/h9-21,31,37H,22-24H2,1-8H3,(H,38,39). The highest BCUT2D eigenvalue weighted by Gasteiger charge is 2.40. The number of carbonyl (C=O) groups excluding carboxylic acids is 1. The maximum absolute atomic E-state index is 12.5. The number of esters is 1. The van der Waals surface area contributed by atoms with E-state index in [2.05, 4.69) is 64.1 Å². The smallest absolute Gasteiger partial charge is 0.337 e. The number of H-pyrrole nitrogens is 1. The third-order valence-corrected chi connectivity index (χ3v) is 13.0. The zero-order valence-corrected chi connectivity index (χ0v) is 28.2. The molecule has 1 heterocycles. The number of aromatic nitrogens is 1. The van der Waals surface area contributed by atoms with E-state index >= 15 is 0 Å². The van der Waals surface area contributed by atoms with Gasteiger partial charge in [0.15, 0.2) is 8.32 Å². The Bertz CT molecular complexity index is 1640. The first kappa shape index (κ1) is 33.2. The maximum atomic E-state index is 12.5. The summed E-state index contributed by atoms with van der Waals surface area (Å²) in [6.07, 6.45) is 0.415. The third-order valence-electron chi connectivity index (χ3n) is 8.48. The summed E-state index contributed by atoms with van der Waals surface area (Å²) in [5, 5.41) is 4.65. The van der Waals surface area contributed by atoms with Crippen molar-refractivity contribution >= 4 is 25.2 Å². The van der Waals surface area contributed by atoms with Crippen LogP contribution in [0.2, 0.25) is 18.1 Å². The molecule has 0 amide bonds. The summed E-state index contributed by atoms with van der Waals surface area (Å²) in [6, 6.07) is 24.9. The van der Waals surface area contributed by atoms with Gasteiger partial charge >= 0.3 is 5.97 Å². The van der Waals surface area contributed by atoms with Crippen molar-refractivity contribution in [1.29, 1.82) is 0 Å². The van der Waals surface area contributed by atoms with Crippen LogP contribution >= 0.6 is 0 Å². The number of aromatic amines is 1. The molecule has 8 heteroatoms. The van der Waals surface area contributed by atoms with Crippen LogP contribution in [0.3, 0.4) is 0 Å². The van der Waals surface area contributed by atoms with Gasteiger partial charge in [-0.15, -0.1) is 0 Å². The van der Waals surface area contributed by atoms with Crippen LogP contribution in [0.1, 0.15) is 67.8 Å². The summed E-state index contributed by atoms with van der Waals surface area (Å²) in [7, 11) is -0.818. The van der Waals surface area contributed by atoms with Gasteiger partial charge in [0.05, 0.1) is 24.3 Å². The molecule has 0 saturated heterocycles. The van der Waals surface area contributed by atoms with Crippen LogP contribution in [-0.4, -0.2) is 38.5 Å². The van der Waals surface area contributed by atoms with E-state index in [1.54, 1.807) is 12.1 Å². The molecule has 1 atom stereocenters. The molecule has 0 bridgehead atoms. The highest BCUT2D eigenvalue weighted by atomic mass is 28.4. The Hall–Kier alpha value is -3.72. The van der Waals surface area contributed by atoms with E-state index in [1.165, 1.54) is 7.11 Å². The van der Waals surface area contributed by atoms with Crippen molar-refractivity contribution in [3.05, 3.63) is 111 Å². The lowest BCUT2D eigenvalue weighted by Gasteiger charge is -2.40. The number of rotatable bonds is 12. The van der Waals surface area contributed by atoms with Gasteiger partial charge in [0.25, 0.3) is 0 Å². The molecule has 4 aromatic rings. The summed E-state index contributed by atoms with van der Waals surface area (Å²) in [6.45, 7) is 16.5. The normalized spacial score (nSPS) is 13.1. The predicted molar refractivity (Wildman–Crippen MR) is 180 cm³/mol. The minimum Gasteiger partial charge on any atom is -0.487 e. The molecule has 0 fully saturated rings. The number of benzene rings is 3. The van der Waals surface area contributed by atoms with E-state index in [1.807, 2.05) is 60.7 Å². The van der Waals surface area contributed by atoms with E-state index in [0.29, 0.717) is 36.4 Å². The van der Waals surface area contributed by atoms with E-state index in [0.717, 1.165) is 22.1 Å². The first-order valence-electron chi connectivity index (χ1n) is 15.1. The van der Waals surface area contributed by atoms with Crippen LogP contribution in [0, 0.1) is 0 Å². The third kappa shape index (κ3) is 8.25. The molecule has 0 spiro atoms. The summed E-state index contributed by atoms with van der Waals surface area (Å²) < 4.78 is 18.2. The van der Waals surface area contributed by atoms with E-state index in [9.17, 15) is 9.59 Å². The zero-order valence-electron chi connectivity index (χ0n) is 27.2. The number of carbonyl (C=O) groups is 1. The van der Waals surface area contributed by atoms with Gasteiger partial charge in [0.1, 0.15) is 12.4 Å². The first-order chi connectivity index (χ1) is 20.7. The van der Waals surface area contributed by atoms with Crippen LogP contribution in [0.15, 0.2) is 83.7 Å². The summed E-state index contributed by atoms with van der Waals surface area (Å²) in [5.74, 6) is 0.275. The average molecular weight is 615 g/mol. The fraction of sp³-hybridized carbons (Fsp3) is 0.389. The molecule has 0 aliphatic carbocycles. The summed E-state index contributed by atoms with van der Waals surface area (Å²) >= 11 is 0. The van der Waals surface area contributed by atoms with Crippen molar-refractivity contribution in [2.45, 2.75) is 77.4 Å². The van der Waals surface area contributed by atoms with Gasteiger partial charge in [0.2, 0.25) is 5.56 Å². The van der Waals surface area contributed by atoms with Crippen LogP contribution in [0.5, 0.6) is 5.75 Å². The van der Waals surface area contributed by atoms with Gasteiger partial charge in [-0.3, -0.25) is 4.79 Å². The second kappa shape index (κ2) is 13.5. The summed E-state index contributed by atoms with van der Waals surface area (Å²) in [5.41, 5.74) is 3.77. The lowest BCUT2D eigenvalue weighted by Crippen LogP contribution is -2.47. The van der Waals surface area contributed by atoms with Gasteiger partial charge in [-0.1, -0.05) is 69.3 Å². The molecule has 4 rings (SSSR count). The Morgan fingerprint density at radius 2 is 1.61 bits per heavy atom. The molecule has 44 heavy (non-hydrogen) atoms. The van der Waals surface area contributed by atoms with Crippen LogP contribution in [0.4, 0.5) is 0 Å². The molecule has 0 radical (unpaired) electrons. The van der Waals surface area contributed by atoms with Crippen molar-refractivity contribution in [3.8, 4) is 5.75 Å². The van der Waals surface area contributed by atoms with Crippen molar-refractivity contribution in [2.24, 2.45) is 0 Å². The Kier molecular flexibility index (Phi) is 10.2. The zero-order chi connectivity index (χ0) is 32.1. The van der Waals surface area contributed by atoms with Gasteiger partial charge in [0, 0.05) is 23.5 Å². The molecular weight excluding hydrogens is 568 g/mol. The van der Waals surface area contributed by atoms with Crippen LogP contribution < -0.4 is 15.6 Å². The topological polar surface area (TPSA) is 89.7 Å². The minimum absolute atomic E-state index is 0.00204.